The maximum atomic E-state index is 12.1. The van der Waals surface area contributed by atoms with Gasteiger partial charge in [-0.3, -0.25) is 15.2 Å². The Labute approximate surface area is 162 Å². The summed E-state index contributed by atoms with van der Waals surface area (Å²) < 4.78 is 10.1. The zero-order valence-corrected chi connectivity index (χ0v) is 16.2. The summed E-state index contributed by atoms with van der Waals surface area (Å²) in [5.74, 6) is -0.994. The van der Waals surface area contributed by atoms with E-state index >= 15 is 0 Å². The van der Waals surface area contributed by atoms with E-state index in [9.17, 15) is 9.59 Å². The molecule has 0 fully saturated rings. The molecule has 0 atom stereocenters. The lowest BCUT2D eigenvalue weighted by Gasteiger charge is -2.12. The van der Waals surface area contributed by atoms with Crippen LogP contribution >= 0.6 is 0 Å². The van der Waals surface area contributed by atoms with Crippen molar-refractivity contribution >= 4 is 17.8 Å². The van der Waals surface area contributed by atoms with E-state index in [1.807, 2.05) is 52.0 Å². The molecule has 0 aliphatic carbocycles. The molecular weight excluding hydrogens is 360 g/mol. The van der Waals surface area contributed by atoms with Crippen LogP contribution in [0.1, 0.15) is 42.5 Å². The van der Waals surface area contributed by atoms with Crippen molar-refractivity contribution in [3.63, 3.8) is 0 Å². The second-order valence-corrected chi connectivity index (χ2v) is 7.48. The average Bonchev–Trinajstić information content (AvgIpc) is 3.29. The molecule has 0 spiro atoms. The highest BCUT2D eigenvalue weighted by Crippen LogP contribution is 2.23. The van der Waals surface area contributed by atoms with Crippen LogP contribution in [0, 0.1) is 6.92 Å². The number of ether oxygens (including phenoxy) is 1. The lowest BCUT2D eigenvalue weighted by Crippen LogP contribution is -2.20. The van der Waals surface area contributed by atoms with Crippen LogP contribution in [0.15, 0.2) is 40.9 Å². The zero-order chi connectivity index (χ0) is 20.3. The highest BCUT2D eigenvalue weighted by atomic mass is 16.5. The van der Waals surface area contributed by atoms with Gasteiger partial charge in [-0.2, -0.15) is 5.10 Å². The molecule has 0 unspecified atom stereocenters. The number of aryl methyl sites for hydroxylation is 1. The molecule has 146 valence electrons. The van der Waals surface area contributed by atoms with Crippen LogP contribution in [-0.4, -0.2) is 33.8 Å². The fourth-order valence-electron chi connectivity index (χ4n) is 2.37. The fourth-order valence-corrected chi connectivity index (χ4v) is 2.37. The SMILES string of the molecule is Cc1ccc(-c2cc(C(=O)OCC(=O)Nc3cc(C(C)(C)C)no3)[nH]n2)cc1. The summed E-state index contributed by atoms with van der Waals surface area (Å²) in [6, 6.07) is 11.0. The maximum Gasteiger partial charge on any atom is 0.356 e. The number of rotatable bonds is 5. The van der Waals surface area contributed by atoms with Crippen LogP contribution in [0.4, 0.5) is 5.88 Å². The van der Waals surface area contributed by atoms with Gasteiger partial charge >= 0.3 is 5.97 Å². The van der Waals surface area contributed by atoms with Gasteiger partial charge in [0.05, 0.1) is 11.4 Å². The van der Waals surface area contributed by atoms with Crippen LogP contribution in [-0.2, 0) is 14.9 Å². The first kappa shape index (κ1) is 19.3. The van der Waals surface area contributed by atoms with E-state index in [4.69, 9.17) is 9.26 Å². The van der Waals surface area contributed by atoms with Crippen molar-refractivity contribution in [3.8, 4) is 11.3 Å². The minimum absolute atomic E-state index is 0.165. The average molecular weight is 382 g/mol. The Morgan fingerprint density at radius 2 is 1.89 bits per heavy atom. The van der Waals surface area contributed by atoms with E-state index in [1.54, 1.807) is 12.1 Å². The molecule has 0 bridgehead atoms. The van der Waals surface area contributed by atoms with Gasteiger partial charge in [0.1, 0.15) is 5.69 Å². The molecule has 8 nitrogen and oxygen atoms in total. The van der Waals surface area contributed by atoms with Crippen LogP contribution in [0.25, 0.3) is 11.3 Å². The summed E-state index contributed by atoms with van der Waals surface area (Å²) in [5, 5.41) is 13.2. The molecule has 3 rings (SSSR count). The van der Waals surface area contributed by atoms with E-state index in [0.29, 0.717) is 11.4 Å². The number of nitrogens with one attached hydrogen (secondary N) is 2. The molecule has 1 aromatic carbocycles. The number of carbonyl (C=O) groups excluding carboxylic acids is 2. The summed E-state index contributed by atoms with van der Waals surface area (Å²) in [6.45, 7) is 7.47. The minimum atomic E-state index is -0.672. The molecule has 8 heteroatoms. The largest absolute Gasteiger partial charge is 0.451 e. The van der Waals surface area contributed by atoms with Gasteiger partial charge in [0, 0.05) is 17.0 Å². The van der Waals surface area contributed by atoms with Gasteiger partial charge in [-0.15, -0.1) is 0 Å². The quantitative estimate of drug-likeness (QED) is 0.654. The van der Waals surface area contributed by atoms with Crippen molar-refractivity contribution in [3.05, 3.63) is 53.3 Å². The molecule has 3 aromatic rings. The van der Waals surface area contributed by atoms with Gasteiger partial charge in [-0.1, -0.05) is 55.8 Å². The van der Waals surface area contributed by atoms with Crippen LogP contribution < -0.4 is 5.32 Å². The van der Waals surface area contributed by atoms with E-state index in [-0.39, 0.29) is 17.0 Å². The van der Waals surface area contributed by atoms with Crippen molar-refractivity contribution in [2.75, 3.05) is 11.9 Å². The number of hydrogen-bond donors (Lipinski definition) is 2. The van der Waals surface area contributed by atoms with Crippen LogP contribution in [0.2, 0.25) is 0 Å². The Kier molecular flexibility index (Phi) is 5.30. The molecular formula is C20H22N4O4. The smallest absolute Gasteiger partial charge is 0.356 e. The molecule has 1 amide bonds. The van der Waals surface area contributed by atoms with Gasteiger partial charge in [0.2, 0.25) is 5.88 Å². The zero-order valence-electron chi connectivity index (χ0n) is 16.2. The van der Waals surface area contributed by atoms with Gasteiger partial charge in [0.25, 0.3) is 5.91 Å². The molecule has 28 heavy (non-hydrogen) atoms. The predicted molar refractivity (Wildman–Crippen MR) is 103 cm³/mol. The number of nitrogens with zero attached hydrogens (tertiary/aromatic N) is 2. The number of anilines is 1. The van der Waals surface area contributed by atoms with Gasteiger partial charge in [-0.25, -0.2) is 4.79 Å². The highest BCUT2D eigenvalue weighted by molar-refractivity contribution is 5.94. The van der Waals surface area contributed by atoms with Crippen molar-refractivity contribution in [1.82, 2.24) is 15.4 Å². The summed E-state index contributed by atoms with van der Waals surface area (Å²) >= 11 is 0. The number of aromatic nitrogens is 3. The number of H-pyrrole nitrogens is 1. The third-order valence-corrected chi connectivity index (χ3v) is 4.02. The molecule has 0 aliphatic heterocycles. The van der Waals surface area contributed by atoms with Gasteiger partial charge in [-0.05, 0) is 13.0 Å². The molecule has 2 aromatic heterocycles. The third kappa shape index (κ3) is 4.64. The van der Waals surface area contributed by atoms with Crippen molar-refractivity contribution < 1.29 is 18.8 Å². The summed E-state index contributed by atoms with van der Waals surface area (Å²) in [6.07, 6.45) is 0. The lowest BCUT2D eigenvalue weighted by atomic mass is 9.92. The second-order valence-electron chi connectivity index (χ2n) is 7.48. The number of benzene rings is 1. The van der Waals surface area contributed by atoms with Crippen molar-refractivity contribution in [1.29, 1.82) is 0 Å². The highest BCUT2D eigenvalue weighted by Gasteiger charge is 2.20. The first-order valence-corrected chi connectivity index (χ1v) is 8.79. The minimum Gasteiger partial charge on any atom is -0.451 e. The van der Waals surface area contributed by atoms with Crippen molar-refractivity contribution in [2.45, 2.75) is 33.1 Å². The molecule has 2 N–H and O–H groups in total. The lowest BCUT2D eigenvalue weighted by molar-refractivity contribution is -0.119. The first-order chi connectivity index (χ1) is 13.2. The Morgan fingerprint density at radius 3 is 2.54 bits per heavy atom. The van der Waals surface area contributed by atoms with E-state index in [0.717, 1.165) is 11.1 Å². The summed E-state index contributed by atoms with van der Waals surface area (Å²) in [5.41, 5.74) is 3.30. The van der Waals surface area contributed by atoms with E-state index < -0.39 is 18.5 Å². The van der Waals surface area contributed by atoms with Crippen LogP contribution in [0.5, 0.6) is 0 Å². The van der Waals surface area contributed by atoms with Gasteiger partial charge < -0.3 is 9.26 Å². The topological polar surface area (TPSA) is 110 Å². The molecule has 0 saturated carbocycles. The molecule has 2 heterocycles. The predicted octanol–water partition coefficient (Wildman–Crippen LogP) is 3.47. The molecule has 0 radical (unpaired) electrons. The Hall–Kier alpha value is -3.42. The summed E-state index contributed by atoms with van der Waals surface area (Å²) in [7, 11) is 0. The van der Waals surface area contributed by atoms with E-state index in [2.05, 4.69) is 20.7 Å². The maximum absolute atomic E-state index is 12.1. The number of esters is 1. The summed E-state index contributed by atoms with van der Waals surface area (Å²) in [4.78, 5) is 24.1. The second kappa shape index (κ2) is 7.67. The fraction of sp³-hybridized carbons (Fsp3) is 0.300. The monoisotopic (exact) mass is 382 g/mol. The number of carbonyl (C=O) groups is 2. The standard InChI is InChI=1S/C20H22N4O4/c1-12-5-7-13(8-6-12)14-9-15(23-22-14)19(26)27-11-17(25)21-18-10-16(24-28-18)20(2,3)4/h5-10H,11H2,1-4H3,(H,21,25)(H,22,23). The first-order valence-electron chi connectivity index (χ1n) is 8.79. The molecule has 0 saturated heterocycles. The normalized spacial score (nSPS) is 11.3. The number of hydrogen-bond acceptors (Lipinski definition) is 6. The van der Waals surface area contributed by atoms with Crippen molar-refractivity contribution in [2.24, 2.45) is 0 Å². The van der Waals surface area contributed by atoms with E-state index in [1.165, 1.54) is 0 Å². The van der Waals surface area contributed by atoms with Gasteiger partial charge in [0.15, 0.2) is 6.61 Å². The Morgan fingerprint density at radius 1 is 1.18 bits per heavy atom. The number of aromatic amines is 1. The third-order valence-electron chi connectivity index (χ3n) is 4.02. The van der Waals surface area contributed by atoms with Crippen LogP contribution in [0.3, 0.4) is 0 Å². The molecule has 0 aliphatic rings. The Bertz CT molecular complexity index is 980. The Balaban J connectivity index is 1.54. The number of amides is 1.